The quantitative estimate of drug-likeness (QED) is 0.539. The standard InChI is InChI=1S/C19H18FN5O3/c1-10-9-23-15-16(21-18(23)24(10)14-8-6-5-7-13(14)20)22(4)19(28)25(17(15)27)11(2)12(3)26/h5-9,11H,1-4H3. The summed E-state index contributed by atoms with van der Waals surface area (Å²) in [5.41, 5.74) is 0.0289. The molecule has 0 aliphatic rings. The van der Waals surface area contributed by atoms with E-state index in [2.05, 4.69) is 4.98 Å². The SMILES string of the molecule is CC(=O)C(C)n1c(=O)c2c(nc3n(-c4ccccc4F)c(C)cn23)n(C)c1=O. The minimum Gasteiger partial charge on any atom is -0.298 e. The van der Waals surface area contributed by atoms with Crippen LogP contribution in [0.1, 0.15) is 25.6 Å². The summed E-state index contributed by atoms with van der Waals surface area (Å²) in [6, 6.07) is 5.33. The lowest BCUT2D eigenvalue weighted by atomic mass is 10.2. The molecule has 4 aromatic rings. The van der Waals surface area contributed by atoms with Crippen LogP contribution < -0.4 is 11.2 Å². The van der Waals surface area contributed by atoms with Crippen molar-refractivity contribution in [1.82, 2.24) is 23.1 Å². The number of halogens is 1. The average Bonchev–Trinajstić information content (AvgIpc) is 3.15. The van der Waals surface area contributed by atoms with E-state index in [9.17, 15) is 18.8 Å². The average molecular weight is 383 g/mol. The fraction of sp³-hybridized carbons (Fsp3) is 0.263. The smallest absolute Gasteiger partial charge is 0.298 e. The minimum atomic E-state index is -0.907. The van der Waals surface area contributed by atoms with Crippen molar-refractivity contribution in [3.05, 3.63) is 62.8 Å². The molecule has 0 saturated heterocycles. The van der Waals surface area contributed by atoms with E-state index in [4.69, 9.17) is 0 Å². The number of hydrogen-bond donors (Lipinski definition) is 0. The van der Waals surface area contributed by atoms with Crippen LogP contribution in [-0.4, -0.2) is 28.9 Å². The third-order valence-electron chi connectivity index (χ3n) is 5.04. The predicted molar refractivity (Wildman–Crippen MR) is 102 cm³/mol. The number of aryl methyl sites for hydroxylation is 2. The van der Waals surface area contributed by atoms with Crippen LogP contribution in [0.25, 0.3) is 22.6 Å². The summed E-state index contributed by atoms with van der Waals surface area (Å²) in [5, 5.41) is 0. The number of carbonyl (C=O) groups excluding carboxylic acids is 1. The number of benzene rings is 1. The van der Waals surface area contributed by atoms with Crippen molar-refractivity contribution in [2.45, 2.75) is 26.8 Å². The number of aromatic nitrogens is 5. The summed E-state index contributed by atoms with van der Waals surface area (Å²) in [6.07, 6.45) is 1.66. The first-order valence-electron chi connectivity index (χ1n) is 8.71. The molecular weight excluding hydrogens is 365 g/mol. The first-order valence-corrected chi connectivity index (χ1v) is 8.71. The molecule has 0 aliphatic carbocycles. The van der Waals surface area contributed by atoms with Gasteiger partial charge in [0, 0.05) is 18.9 Å². The van der Waals surface area contributed by atoms with Gasteiger partial charge in [-0.25, -0.2) is 13.8 Å². The van der Waals surface area contributed by atoms with Crippen LogP contribution in [0.5, 0.6) is 0 Å². The molecule has 3 aromatic heterocycles. The number of carbonyl (C=O) groups is 1. The van der Waals surface area contributed by atoms with E-state index in [1.165, 1.54) is 35.9 Å². The number of Topliss-reactive ketones (excluding diaryl/α,β-unsaturated/α-hetero) is 1. The zero-order chi connectivity index (χ0) is 20.3. The first-order chi connectivity index (χ1) is 13.2. The molecule has 0 radical (unpaired) electrons. The Labute approximate surface area is 158 Å². The summed E-state index contributed by atoms with van der Waals surface area (Å²) < 4.78 is 19.6. The van der Waals surface area contributed by atoms with Crippen LogP contribution in [0.2, 0.25) is 0 Å². The molecule has 0 bridgehead atoms. The number of para-hydroxylation sites is 1. The van der Waals surface area contributed by atoms with Crippen LogP contribution >= 0.6 is 0 Å². The molecule has 28 heavy (non-hydrogen) atoms. The maximum absolute atomic E-state index is 14.4. The van der Waals surface area contributed by atoms with Gasteiger partial charge in [-0.1, -0.05) is 12.1 Å². The van der Waals surface area contributed by atoms with Gasteiger partial charge >= 0.3 is 5.69 Å². The van der Waals surface area contributed by atoms with E-state index in [1.807, 2.05) is 0 Å². The summed E-state index contributed by atoms with van der Waals surface area (Å²) in [5.74, 6) is -0.440. The van der Waals surface area contributed by atoms with Gasteiger partial charge in [-0.2, -0.15) is 4.98 Å². The Bertz CT molecular complexity index is 1390. The summed E-state index contributed by atoms with van der Waals surface area (Å²) in [6.45, 7) is 4.60. The van der Waals surface area contributed by atoms with Crippen molar-refractivity contribution < 1.29 is 9.18 Å². The van der Waals surface area contributed by atoms with Gasteiger partial charge in [0.15, 0.2) is 16.9 Å². The Kier molecular flexibility index (Phi) is 3.84. The lowest BCUT2D eigenvalue weighted by molar-refractivity contribution is -0.119. The maximum Gasteiger partial charge on any atom is 0.333 e. The van der Waals surface area contributed by atoms with E-state index in [0.717, 1.165) is 4.57 Å². The minimum absolute atomic E-state index is 0.156. The van der Waals surface area contributed by atoms with Gasteiger partial charge in [0.2, 0.25) is 5.78 Å². The third kappa shape index (κ3) is 2.29. The molecule has 1 aromatic carbocycles. The lowest BCUT2D eigenvalue weighted by Crippen LogP contribution is -2.42. The number of hydrogen-bond acceptors (Lipinski definition) is 4. The molecule has 0 spiro atoms. The summed E-state index contributed by atoms with van der Waals surface area (Å²) in [7, 11) is 1.49. The molecule has 3 heterocycles. The zero-order valence-electron chi connectivity index (χ0n) is 15.8. The molecule has 1 atom stereocenters. The molecule has 0 aliphatic heterocycles. The monoisotopic (exact) mass is 383 g/mol. The van der Waals surface area contributed by atoms with Gasteiger partial charge < -0.3 is 0 Å². The van der Waals surface area contributed by atoms with Gasteiger partial charge in [-0.15, -0.1) is 0 Å². The zero-order valence-corrected chi connectivity index (χ0v) is 15.8. The number of nitrogens with zero attached hydrogens (tertiary/aromatic N) is 5. The van der Waals surface area contributed by atoms with Crippen molar-refractivity contribution >= 4 is 22.7 Å². The third-order valence-corrected chi connectivity index (χ3v) is 5.04. The molecule has 0 saturated carbocycles. The van der Waals surface area contributed by atoms with Gasteiger partial charge in [0.05, 0.1) is 11.7 Å². The van der Waals surface area contributed by atoms with E-state index in [1.54, 1.807) is 35.9 Å². The lowest BCUT2D eigenvalue weighted by Gasteiger charge is -2.12. The van der Waals surface area contributed by atoms with Gasteiger partial charge in [0.1, 0.15) is 5.82 Å². The van der Waals surface area contributed by atoms with Gasteiger partial charge in [-0.3, -0.25) is 23.1 Å². The second-order valence-corrected chi connectivity index (χ2v) is 6.81. The fourth-order valence-corrected chi connectivity index (χ4v) is 3.43. The molecule has 9 heteroatoms. The molecule has 4 rings (SSSR count). The highest BCUT2D eigenvalue weighted by Crippen LogP contribution is 2.22. The first kappa shape index (κ1) is 17.9. The predicted octanol–water partition coefficient (Wildman–Crippen LogP) is 1.74. The Morgan fingerprint density at radius 2 is 1.89 bits per heavy atom. The van der Waals surface area contributed by atoms with E-state index < -0.39 is 23.1 Å². The van der Waals surface area contributed by atoms with Crippen LogP contribution in [0.3, 0.4) is 0 Å². The topological polar surface area (TPSA) is 83.3 Å². The summed E-state index contributed by atoms with van der Waals surface area (Å²) in [4.78, 5) is 42.0. The number of imidazole rings is 2. The largest absolute Gasteiger partial charge is 0.333 e. The van der Waals surface area contributed by atoms with Crippen LogP contribution in [0.4, 0.5) is 4.39 Å². The highest BCUT2D eigenvalue weighted by Gasteiger charge is 2.24. The fourth-order valence-electron chi connectivity index (χ4n) is 3.43. The Hall–Kier alpha value is -3.49. The van der Waals surface area contributed by atoms with Crippen LogP contribution in [0.15, 0.2) is 40.1 Å². The van der Waals surface area contributed by atoms with Crippen molar-refractivity contribution in [2.75, 3.05) is 0 Å². The Balaban J connectivity index is 2.18. The molecule has 1 unspecified atom stereocenters. The molecule has 0 amide bonds. The Morgan fingerprint density at radius 3 is 2.54 bits per heavy atom. The molecular formula is C19H18FN5O3. The maximum atomic E-state index is 14.4. The number of ketones is 1. The highest BCUT2D eigenvalue weighted by molar-refractivity contribution is 5.81. The van der Waals surface area contributed by atoms with E-state index in [0.29, 0.717) is 11.5 Å². The molecule has 0 fully saturated rings. The number of rotatable bonds is 3. The van der Waals surface area contributed by atoms with Crippen molar-refractivity contribution in [1.29, 1.82) is 0 Å². The van der Waals surface area contributed by atoms with Crippen LogP contribution in [-0.2, 0) is 11.8 Å². The molecule has 0 N–H and O–H groups in total. The van der Waals surface area contributed by atoms with Crippen molar-refractivity contribution in [3.63, 3.8) is 0 Å². The second kappa shape index (κ2) is 6.01. The van der Waals surface area contributed by atoms with Gasteiger partial charge in [-0.05, 0) is 32.9 Å². The molecule has 8 nitrogen and oxygen atoms in total. The van der Waals surface area contributed by atoms with E-state index >= 15 is 0 Å². The molecule has 144 valence electrons. The Morgan fingerprint density at radius 1 is 1.21 bits per heavy atom. The summed E-state index contributed by atoms with van der Waals surface area (Å²) >= 11 is 0. The van der Waals surface area contributed by atoms with Gasteiger partial charge in [0.25, 0.3) is 5.56 Å². The van der Waals surface area contributed by atoms with Crippen LogP contribution in [0, 0.1) is 12.7 Å². The number of fused-ring (bicyclic) bond motifs is 3. The highest BCUT2D eigenvalue weighted by atomic mass is 19.1. The van der Waals surface area contributed by atoms with Crippen molar-refractivity contribution in [3.8, 4) is 5.69 Å². The van der Waals surface area contributed by atoms with Crippen molar-refractivity contribution in [2.24, 2.45) is 7.05 Å². The van der Waals surface area contributed by atoms with E-state index in [-0.39, 0.29) is 22.6 Å². The second-order valence-electron chi connectivity index (χ2n) is 6.81. The normalized spacial score (nSPS) is 12.8.